The zero-order valence-corrected chi connectivity index (χ0v) is 14.2. The molecule has 2 amide bonds. The molecule has 1 aliphatic heterocycles. The van der Waals surface area contributed by atoms with Gasteiger partial charge in [-0.25, -0.2) is 0 Å². The number of amides is 2. The van der Waals surface area contributed by atoms with Gasteiger partial charge >= 0.3 is 0 Å². The molecule has 1 fully saturated rings. The predicted octanol–water partition coefficient (Wildman–Crippen LogP) is 3.64. The van der Waals surface area contributed by atoms with Crippen LogP contribution in [-0.4, -0.2) is 23.3 Å². The summed E-state index contributed by atoms with van der Waals surface area (Å²) in [7, 11) is 0. The van der Waals surface area contributed by atoms with E-state index in [1.54, 1.807) is 17.0 Å². The van der Waals surface area contributed by atoms with Crippen LogP contribution in [0.2, 0.25) is 5.02 Å². The molecule has 5 heteroatoms. The normalized spacial score (nSPS) is 17.2. The lowest BCUT2D eigenvalue weighted by Crippen LogP contribution is -2.28. The summed E-state index contributed by atoms with van der Waals surface area (Å²) in [5.74, 6) is -0.453. The third kappa shape index (κ3) is 3.60. The molecule has 124 valence electrons. The highest BCUT2D eigenvalue weighted by Gasteiger charge is 2.34. The summed E-state index contributed by atoms with van der Waals surface area (Å²) in [4.78, 5) is 26.4. The molecule has 24 heavy (non-hydrogen) atoms. The highest BCUT2D eigenvalue weighted by Crippen LogP contribution is 2.26. The van der Waals surface area contributed by atoms with E-state index in [0.29, 0.717) is 23.8 Å². The summed E-state index contributed by atoms with van der Waals surface area (Å²) in [5.41, 5.74) is 2.59. The van der Waals surface area contributed by atoms with Gasteiger partial charge < -0.3 is 10.2 Å². The Balaban J connectivity index is 1.64. The molecule has 1 heterocycles. The molecule has 3 rings (SSSR count). The van der Waals surface area contributed by atoms with Crippen LogP contribution in [0.25, 0.3) is 0 Å². The average molecular weight is 343 g/mol. The van der Waals surface area contributed by atoms with E-state index in [2.05, 4.69) is 5.32 Å². The van der Waals surface area contributed by atoms with Crippen molar-refractivity contribution in [1.29, 1.82) is 0 Å². The number of nitrogens with zero attached hydrogens (tertiary/aromatic N) is 1. The predicted molar refractivity (Wildman–Crippen MR) is 94.8 cm³/mol. The van der Waals surface area contributed by atoms with E-state index in [1.165, 1.54) is 0 Å². The fraction of sp³-hybridized carbons (Fsp3) is 0.263. The monoisotopic (exact) mass is 342 g/mol. The van der Waals surface area contributed by atoms with E-state index in [9.17, 15) is 9.59 Å². The number of carbonyl (C=O) groups is 2. The number of hydrogen-bond acceptors (Lipinski definition) is 2. The van der Waals surface area contributed by atoms with Gasteiger partial charge in [-0.3, -0.25) is 9.59 Å². The van der Waals surface area contributed by atoms with Crippen LogP contribution in [0.3, 0.4) is 0 Å². The first-order chi connectivity index (χ1) is 11.5. The van der Waals surface area contributed by atoms with Gasteiger partial charge in [-0.05, 0) is 30.2 Å². The number of halogens is 1. The summed E-state index contributed by atoms with van der Waals surface area (Å²) >= 11 is 6.08. The third-order valence-corrected chi connectivity index (χ3v) is 4.74. The van der Waals surface area contributed by atoms with E-state index >= 15 is 0 Å². The summed E-state index contributed by atoms with van der Waals surface area (Å²) in [6, 6.07) is 15.2. The minimum absolute atomic E-state index is 0.0156. The van der Waals surface area contributed by atoms with Crippen molar-refractivity contribution in [3.05, 3.63) is 64.7 Å². The minimum Gasteiger partial charge on any atom is -0.338 e. The Morgan fingerprint density at radius 3 is 2.71 bits per heavy atom. The third-order valence-electron chi connectivity index (χ3n) is 4.33. The highest BCUT2D eigenvalue weighted by atomic mass is 35.5. The topological polar surface area (TPSA) is 49.4 Å². The molecule has 4 nitrogen and oxygen atoms in total. The van der Waals surface area contributed by atoms with Gasteiger partial charge in [0.1, 0.15) is 0 Å². The van der Waals surface area contributed by atoms with Crippen molar-refractivity contribution < 1.29 is 9.59 Å². The van der Waals surface area contributed by atoms with E-state index in [0.717, 1.165) is 11.1 Å². The molecule has 1 aliphatic rings. The van der Waals surface area contributed by atoms with Gasteiger partial charge in [-0.15, -0.1) is 0 Å². The maximum Gasteiger partial charge on any atom is 0.229 e. The highest BCUT2D eigenvalue weighted by molar-refractivity contribution is 6.31. The Morgan fingerprint density at radius 2 is 1.96 bits per heavy atom. The maximum atomic E-state index is 12.5. The summed E-state index contributed by atoms with van der Waals surface area (Å²) in [5, 5.41) is 3.51. The molecular weight excluding hydrogens is 324 g/mol. The standard InChI is InChI=1S/C19H19ClN2O2/c1-13-16(20)8-5-9-17(13)21-19(24)15-10-18(23)22(12-15)11-14-6-3-2-4-7-14/h2-9,15H,10-12H2,1H3,(H,21,24)/t15-/m1/s1. The second-order valence-electron chi connectivity index (χ2n) is 6.06. The van der Waals surface area contributed by atoms with E-state index in [-0.39, 0.29) is 24.2 Å². The smallest absolute Gasteiger partial charge is 0.229 e. The van der Waals surface area contributed by atoms with Gasteiger partial charge in [0.25, 0.3) is 0 Å². The number of carbonyl (C=O) groups excluding carboxylic acids is 2. The molecule has 0 spiro atoms. The fourth-order valence-electron chi connectivity index (χ4n) is 2.88. The molecule has 1 saturated heterocycles. The zero-order chi connectivity index (χ0) is 17.1. The molecule has 0 aliphatic carbocycles. The second-order valence-corrected chi connectivity index (χ2v) is 6.47. The van der Waals surface area contributed by atoms with E-state index in [1.807, 2.05) is 43.3 Å². The summed E-state index contributed by atoms with van der Waals surface area (Å²) in [6.07, 6.45) is 0.248. The molecule has 1 atom stereocenters. The van der Waals surface area contributed by atoms with Crippen molar-refractivity contribution in [2.75, 3.05) is 11.9 Å². The Labute approximate surface area is 146 Å². The Morgan fingerprint density at radius 1 is 1.21 bits per heavy atom. The van der Waals surface area contributed by atoms with Crippen LogP contribution >= 0.6 is 11.6 Å². The van der Waals surface area contributed by atoms with Crippen LogP contribution in [-0.2, 0) is 16.1 Å². The van der Waals surface area contributed by atoms with Crippen LogP contribution in [0, 0.1) is 12.8 Å². The zero-order valence-electron chi connectivity index (χ0n) is 13.5. The van der Waals surface area contributed by atoms with Gasteiger partial charge in [0, 0.05) is 30.2 Å². The quantitative estimate of drug-likeness (QED) is 0.922. The molecule has 0 saturated carbocycles. The van der Waals surface area contributed by atoms with E-state index in [4.69, 9.17) is 11.6 Å². The summed E-state index contributed by atoms with van der Waals surface area (Å²) in [6.45, 7) is 2.85. The van der Waals surface area contributed by atoms with E-state index < -0.39 is 0 Å². The number of rotatable bonds is 4. The van der Waals surface area contributed by atoms with Gasteiger partial charge in [-0.2, -0.15) is 0 Å². The number of anilines is 1. The first-order valence-corrected chi connectivity index (χ1v) is 8.30. The SMILES string of the molecule is Cc1c(Cl)cccc1NC(=O)[C@@H]1CC(=O)N(Cc2ccccc2)C1. The van der Waals surface area contributed by atoms with Crippen molar-refractivity contribution in [1.82, 2.24) is 4.90 Å². The van der Waals surface area contributed by atoms with Crippen molar-refractivity contribution in [3.63, 3.8) is 0 Å². The molecule has 0 bridgehead atoms. The summed E-state index contributed by atoms with van der Waals surface area (Å²) < 4.78 is 0. The van der Waals surface area contributed by atoms with Gasteiger partial charge in [0.05, 0.1) is 5.92 Å². The van der Waals surface area contributed by atoms with Gasteiger partial charge in [0.2, 0.25) is 11.8 Å². The molecular formula is C19H19ClN2O2. The van der Waals surface area contributed by atoms with Crippen LogP contribution < -0.4 is 5.32 Å². The average Bonchev–Trinajstić information content (AvgIpc) is 2.94. The van der Waals surface area contributed by atoms with Crippen LogP contribution in [0.1, 0.15) is 17.5 Å². The van der Waals surface area contributed by atoms with Crippen LogP contribution in [0.4, 0.5) is 5.69 Å². The molecule has 0 aromatic heterocycles. The Kier molecular flexibility index (Phi) is 4.86. The Hall–Kier alpha value is -2.33. The molecule has 0 radical (unpaired) electrons. The number of nitrogens with one attached hydrogen (secondary N) is 1. The van der Waals surface area contributed by atoms with Crippen molar-refractivity contribution >= 4 is 29.1 Å². The maximum absolute atomic E-state index is 12.5. The van der Waals surface area contributed by atoms with Gasteiger partial charge in [0.15, 0.2) is 0 Å². The van der Waals surface area contributed by atoms with Crippen molar-refractivity contribution in [2.45, 2.75) is 19.9 Å². The lowest BCUT2D eigenvalue weighted by molar-refractivity contribution is -0.128. The minimum atomic E-state index is -0.334. The van der Waals surface area contributed by atoms with Crippen molar-refractivity contribution in [2.24, 2.45) is 5.92 Å². The first kappa shape index (κ1) is 16.5. The van der Waals surface area contributed by atoms with Gasteiger partial charge in [-0.1, -0.05) is 48.0 Å². The molecule has 2 aromatic carbocycles. The molecule has 1 N–H and O–H groups in total. The number of benzene rings is 2. The second kappa shape index (κ2) is 7.05. The first-order valence-electron chi connectivity index (χ1n) is 7.92. The lowest BCUT2D eigenvalue weighted by Gasteiger charge is -2.17. The van der Waals surface area contributed by atoms with Crippen LogP contribution in [0.15, 0.2) is 48.5 Å². The molecule has 0 unspecified atom stereocenters. The van der Waals surface area contributed by atoms with Crippen LogP contribution in [0.5, 0.6) is 0 Å². The van der Waals surface area contributed by atoms with Crippen molar-refractivity contribution in [3.8, 4) is 0 Å². The fourth-order valence-corrected chi connectivity index (χ4v) is 3.06. The Bertz CT molecular complexity index is 761. The largest absolute Gasteiger partial charge is 0.338 e. The number of likely N-dealkylation sites (tertiary alicyclic amines) is 1. The lowest BCUT2D eigenvalue weighted by atomic mass is 10.1. The number of hydrogen-bond donors (Lipinski definition) is 1. The molecule has 2 aromatic rings.